The molecule has 1 saturated heterocycles. The van der Waals surface area contributed by atoms with Crippen LogP contribution in [0.15, 0.2) is 54.6 Å². The molecule has 130 valence electrons. The molecule has 0 aliphatic carbocycles. The van der Waals surface area contributed by atoms with Crippen LogP contribution >= 0.6 is 11.6 Å². The van der Waals surface area contributed by atoms with Gasteiger partial charge >= 0.3 is 6.03 Å². The Kier molecular flexibility index (Phi) is 5.24. The maximum atomic E-state index is 12.6. The summed E-state index contributed by atoms with van der Waals surface area (Å²) in [6, 6.07) is 16.0. The molecule has 6 heteroatoms. The Hall–Kier alpha value is -2.53. The molecule has 5 nitrogen and oxygen atoms in total. The molecule has 2 aromatic rings. The molecular weight excluding hydrogens is 338 g/mol. The van der Waals surface area contributed by atoms with Crippen LogP contribution in [0.4, 0.5) is 10.5 Å². The molecule has 1 aliphatic heterocycles. The molecular formula is C19H20ClN3O2. The summed E-state index contributed by atoms with van der Waals surface area (Å²) in [7, 11) is 1.65. The highest BCUT2D eigenvalue weighted by Gasteiger charge is 2.36. The number of amides is 3. The van der Waals surface area contributed by atoms with Crippen molar-refractivity contribution in [2.45, 2.75) is 19.0 Å². The third-order valence-corrected chi connectivity index (χ3v) is 4.58. The van der Waals surface area contributed by atoms with Crippen LogP contribution in [-0.4, -0.2) is 41.4 Å². The number of carbonyl (C=O) groups is 2. The molecule has 0 saturated carbocycles. The van der Waals surface area contributed by atoms with Crippen molar-refractivity contribution in [2.24, 2.45) is 0 Å². The van der Waals surface area contributed by atoms with Crippen LogP contribution in [0.5, 0.6) is 0 Å². The van der Waals surface area contributed by atoms with Gasteiger partial charge in [-0.25, -0.2) is 4.79 Å². The van der Waals surface area contributed by atoms with Gasteiger partial charge in [0.15, 0.2) is 0 Å². The van der Waals surface area contributed by atoms with Crippen LogP contribution in [0.3, 0.4) is 0 Å². The topological polar surface area (TPSA) is 52.7 Å². The maximum Gasteiger partial charge on any atom is 0.322 e. The number of hydrogen-bond acceptors (Lipinski definition) is 2. The lowest BCUT2D eigenvalue weighted by Crippen LogP contribution is -2.44. The van der Waals surface area contributed by atoms with Crippen LogP contribution in [0.1, 0.15) is 12.0 Å². The van der Waals surface area contributed by atoms with Gasteiger partial charge < -0.3 is 15.1 Å². The lowest BCUT2D eigenvalue weighted by Gasteiger charge is -2.24. The zero-order chi connectivity index (χ0) is 17.8. The van der Waals surface area contributed by atoms with Gasteiger partial charge in [-0.2, -0.15) is 0 Å². The molecule has 1 fully saturated rings. The Morgan fingerprint density at radius 1 is 1.24 bits per heavy atom. The molecule has 25 heavy (non-hydrogen) atoms. The Bertz CT molecular complexity index is 766. The molecule has 0 aromatic heterocycles. The second-order valence-electron chi connectivity index (χ2n) is 6.10. The monoisotopic (exact) mass is 357 g/mol. The summed E-state index contributed by atoms with van der Waals surface area (Å²) in [6.07, 6.45) is 0.630. The number of halogens is 1. The van der Waals surface area contributed by atoms with Crippen molar-refractivity contribution < 1.29 is 9.59 Å². The Labute approximate surface area is 152 Å². The lowest BCUT2D eigenvalue weighted by molar-refractivity contribution is -0.131. The SMILES string of the molecule is CN(C(=O)Nc1cccc(Cl)c1)[C@@H]1CCN(Cc2ccccc2)C1=O. The van der Waals surface area contributed by atoms with Crippen molar-refractivity contribution in [3.63, 3.8) is 0 Å². The van der Waals surface area contributed by atoms with Gasteiger partial charge in [-0.1, -0.05) is 48.0 Å². The van der Waals surface area contributed by atoms with Crippen molar-refractivity contribution in [3.8, 4) is 0 Å². The Balaban J connectivity index is 1.61. The van der Waals surface area contributed by atoms with Crippen molar-refractivity contribution >= 4 is 29.2 Å². The van der Waals surface area contributed by atoms with E-state index < -0.39 is 6.04 Å². The molecule has 2 aromatic carbocycles. The van der Waals surface area contributed by atoms with Gasteiger partial charge in [0, 0.05) is 30.8 Å². The van der Waals surface area contributed by atoms with Crippen LogP contribution < -0.4 is 5.32 Å². The van der Waals surface area contributed by atoms with E-state index in [0.717, 1.165) is 5.56 Å². The number of rotatable bonds is 4. The number of nitrogens with zero attached hydrogens (tertiary/aromatic N) is 2. The van der Waals surface area contributed by atoms with Crippen molar-refractivity contribution in [2.75, 3.05) is 18.9 Å². The first-order chi connectivity index (χ1) is 12.0. The number of carbonyl (C=O) groups excluding carboxylic acids is 2. The van der Waals surface area contributed by atoms with Gasteiger partial charge in [0.05, 0.1) is 0 Å². The third kappa shape index (κ3) is 4.12. The fraction of sp³-hybridized carbons (Fsp3) is 0.263. The average Bonchev–Trinajstić information content (AvgIpc) is 2.96. The van der Waals surface area contributed by atoms with E-state index in [0.29, 0.717) is 30.2 Å². The third-order valence-electron chi connectivity index (χ3n) is 4.35. The largest absolute Gasteiger partial charge is 0.336 e. The molecule has 0 unspecified atom stereocenters. The van der Waals surface area contributed by atoms with Crippen LogP contribution in [0.2, 0.25) is 5.02 Å². The summed E-state index contributed by atoms with van der Waals surface area (Å²) in [4.78, 5) is 28.3. The first-order valence-electron chi connectivity index (χ1n) is 8.16. The van der Waals surface area contributed by atoms with Gasteiger partial charge in [-0.15, -0.1) is 0 Å². The summed E-state index contributed by atoms with van der Waals surface area (Å²) in [5.41, 5.74) is 1.69. The number of nitrogens with one attached hydrogen (secondary N) is 1. The molecule has 3 rings (SSSR count). The minimum absolute atomic E-state index is 0.0207. The maximum absolute atomic E-state index is 12.6. The van der Waals surface area contributed by atoms with E-state index in [4.69, 9.17) is 11.6 Å². The highest BCUT2D eigenvalue weighted by molar-refractivity contribution is 6.30. The smallest absolute Gasteiger partial charge is 0.322 e. The fourth-order valence-corrected chi connectivity index (χ4v) is 3.15. The van der Waals surface area contributed by atoms with Crippen LogP contribution in [0, 0.1) is 0 Å². The minimum Gasteiger partial charge on any atom is -0.336 e. The molecule has 0 radical (unpaired) electrons. The number of anilines is 1. The summed E-state index contributed by atoms with van der Waals surface area (Å²) >= 11 is 5.93. The molecule has 1 aliphatic rings. The normalized spacial score (nSPS) is 16.8. The van der Waals surface area contributed by atoms with E-state index in [-0.39, 0.29) is 11.9 Å². The predicted octanol–water partition coefficient (Wildman–Crippen LogP) is 3.60. The number of hydrogen-bond donors (Lipinski definition) is 1. The highest BCUT2D eigenvalue weighted by Crippen LogP contribution is 2.20. The Morgan fingerprint density at radius 3 is 2.72 bits per heavy atom. The van der Waals surface area contributed by atoms with Crippen LogP contribution in [-0.2, 0) is 11.3 Å². The zero-order valence-corrected chi connectivity index (χ0v) is 14.7. The Morgan fingerprint density at radius 2 is 2.00 bits per heavy atom. The van der Waals surface area contributed by atoms with Gasteiger partial charge in [0.25, 0.3) is 0 Å². The summed E-state index contributed by atoms with van der Waals surface area (Å²) < 4.78 is 0. The van der Waals surface area contributed by atoms with Crippen LogP contribution in [0.25, 0.3) is 0 Å². The number of likely N-dealkylation sites (N-methyl/N-ethyl adjacent to an activating group) is 1. The molecule has 0 bridgehead atoms. The van der Waals surface area contributed by atoms with Gasteiger partial charge in [-0.3, -0.25) is 4.79 Å². The van der Waals surface area contributed by atoms with E-state index in [1.165, 1.54) is 4.90 Å². The minimum atomic E-state index is -0.442. The first kappa shape index (κ1) is 17.3. The van der Waals surface area contributed by atoms with E-state index >= 15 is 0 Å². The summed E-state index contributed by atoms with van der Waals surface area (Å²) in [5.74, 6) is -0.0207. The van der Waals surface area contributed by atoms with Gasteiger partial charge in [0.2, 0.25) is 5.91 Å². The number of benzene rings is 2. The van der Waals surface area contributed by atoms with Crippen molar-refractivity contribution in [1.82, 2.24) is 9.80 Å². The lowest BCUT2D eigenvalue weighted by atomic mass is 10.2. The van der Waals surface area contributed by atoms with Gasteiger partial charge in [0.1, 0.15) is 6.04 Å². The molecule has 0 spiro atoms. The van der Waals surface area contributed by atoms with E-state index in [2.05, 4.69) is 5.32 Å². The van der Waals surface area contributed by atoms with E-state index in [1.807, 2.05) is 30.3 Å². The van der Waals surface area contributed by atoms with Gasteiger partial charge in [-0.05, 0) is 30.2 Å². The second-order valence-corrected chi connectivity index (χ2v) is 6.54. The number of likely N-dealkylation sites (tertiary alicyclic amines) is 1. The molecule has 1 heterocycles. The zero-order valence-electron chi connectivity index (χ0n) is 14.0. The highest BCUT2D eigenvalue weighted by atomic mass is 35.5. The second kappa shape index (κ2) is 7.57. The van der Waals surface area contributed by atoms with Crippen molar-refractivity contribution in [3.05, 3.63) is 65.2 Å². The number of urea groups is 1. The summed E-state index contributed by atoms with van der Waals surface area (Å²) in [6.45, 7) is 1.22. The average molecular weight is 358 g/mol. The first-order valence-corrected chi connectivity index (χ1v) is 8.54. The standard InChI is InChI=1S/C19H20ClN3O2/c1-22(19(25)21-16-9-5-8-15(20)12-16)17-10-11-23(18(17)24)13-14-6-3-2-4-7-14/h2-9,12,17H,10-11,13H2,1H3,(H,21,25)/t17-/m1/s1. The predicted molar refractivity (Wildman–Crippen MR) is 98.5 cm³/mol. The fourth-order valence-electron chi connectivity index (χ4n) is 2.96. The van der Waals surface area contributed by atoms with E-state index in [1.54, 1.807) is 36.2 Å². The quantitative estimate of drug-likeness (QED) is 0.908. The van der Waals surface area contributed by atoms with Crippen molar-refractivity contribution in [1.29, 1.82) is 0 Å². The molecule has 3 amide bonds. The molecule has 1 N–H and O–H groups in total. The van der Waals surface area contributed by atoms with E-state index in [9.17, 15) is 9.59 Å². The summed E-state index contributed by atoms with van der Waals surface area (Å²) in [5, 5.41) is 3.32. The molecule has 1 atom stereocenters.